The Balaban J connectivity index is 1.46. The molecule has 0 bridgehead atoms. The summed E-state index contributed by atoms with van der Waals surface area (Å²) in [7, 11) is 3.02. The van der Waals surface area contributed by atoms with E-state index in [1.54, 1.807) is 35.2 Å². The molecule has 2 saturated heterocycles. The lowest BCUT2D eigenvalue weighted by Crippen LogP contribution is -2.53. The first-order valence-corrected chi connectivity index (χ1v) is 9.69. The lowest BCUT2D eigenvalue weighted by atomic mass is 10.1. The number of furan rings is 1. The average Bonchev–Trinajstić information content (AvgIpc) is 3.41. The Kier molecular flexibility index (Phi) is 5.45. The van der Waals surface area contributed by atoms with Crippen LogP contribution in [0.15, 0.2) is 41.0 Å². The fourth-order valence-electron chi connectivity index (χ4n) is 3.92. The molecule has 9 heteroatoms. The molecule has 4 rings (SSSR count). The minimum absolute atomic E-state index is 0.0974. The van der Waals surface area contributed by atoms with Gasteiger partial charge in [0.05, 0.1) is 38.6 Å². The number of rotatable bonds is 5. The second kappa shape index (κ2) is 8.19. The molecule has 0 spiro atoms. The number of anilines is 1. The number of benzene rings is 1. The highest BCUT2D eigenvalue weighted by molar-refractivity contribution is 6.23. The van der Waals surface area contributed by atoms with Crippen molar-refractivity contribution in [3.05, 3.63) is 42.4 Å². The summed E-state index contributed by atoms with van der Waals surface area (Å²) in [5, 5.41) is 0. The van der Waals surface area contributed by atoms with Crippen molar-refractivity contribution in [1.82, 2.24) is 9.80 Å². The monoisotopic (exact) mass is 413 g/mol. The normalized spacial score (nSPS) is 20.0. The summed E-state index contributed by atoms with van der Waals surface area (Å²) in [6.07, 6.45) is 1.56. The van der Waals surface area contributed by atoms with Crippen molar-refractivity contribution < 1.29 is 28.3 Å². The molecule has 3 heterocycles. The second-order valence-electron chi connectivity index (χ2n) is 7.13. The Hall–Kier alpha value is -3.33. The largest absolute Gasteiger partial charge is 0.497 e. The molecular formula is C21H23N3O6. The highest BCUT2D eigenvalue weighted by Crippen LogP contribution is 2.36. The molecule has 2 aliphatic rings. The zero-order valence-corrected chi connectivity index (χ0v) is 16.9. The molecule has 2 aromatic rings. The van der Waals surface area contributed by atoms with Crippen LogP contribution in [0.4, 0.5) is 5.69 Å². The smallest absolute Gasteiger partial charge is 0.289 e. The van der Waals surface area contributed by atoms with Crippen molar-refractivity contribution >= 4 is 23.4 Å². The fourth-order valence-corrected chi connectivity index (χ4v) is 3.92. The Bertz CT molecular complexity index is 950. The number of nitrogens with zero attached hydrogens (tertiary/aromatic N) is 3. The summed E-state index contributed by atoms with van der Waals surface area (Å²) < 4.78 is 15.7. The summed E-state index contributed by atoms with van der Waals surface area (Å²) >= 11 is 0. The SMILES string of the molecule is COc1ccc(N2C(=O)C[C@@H](N3CCN(C(=O)c4ccco4)CC3)C2=O)c(OC)c1. The lowest BCUT2D eigenvalue weighted by molar-refractivity contribution is -0.123. The van der Waals surface area contributed by atoms with E-state index in [0.717, 1.165) is 0 Å². The summed E-state index contributed by atoms with van der Waals surface area (Å²) in [6, 6.07) is 7.73. The third-order valence-electron chi connectivity index (χ3n) is 5.52. The molecule has 3 amide bonds. The second-order valence-corrected chi connectivity index (χ2v) is 7.13. The molecule has 1 atom stereocenters. The van der Waals surface area contributed by atoms with E-state index in [4.69, 9.17) is 13.9 Å². The van der Waals surface area contributed by atoms with Crippen LogP contribution >= 0.6 is 0 Å². The standard InChI is InChI=1S/C21H23N3O6/c1-28-14-5-6-15(18(12-14)29-2)24-19(25)13-16(20(24)26)22-7-9-23(10-8-22)21(27)17-4-3-11-30-17/h3-6,11-12,16H,7-10,13H2,1-2H3/t16-/m1/s1. The van der Waals surface area contributed by atoms with E-state index >= 15 is 0 Å². The maximum atomic E-state index is 13.1. The van der Waals surface area contributed by atoms with Gasteiger partial charge in [-0.15, -0.1) is 0 Å². The van der Waals surface area contributed by atoms with Crippen LogP contribution in [0.25, 0.3) is 0 Å². The van der Waals surface area contributed by atoms with E-state index in [1.807, 2.05) is 4.90 Å². The van der Waals surface area contributed by atoms with Gasteiger partial charge < -0.3 is 18.8 Å². The molecule has 30 heavy (non-hydrogen) atoms. The zero-order chi connectivity index (χ0) is 21.3. The molecule has 0 saturated carbocycles. The van der Waals surface area contributed by atoms with Gasteiger partial charge in [0.15, 0.2) is 5.76 Å². The average molecular weight is 413 g/mol. The number of piperazine rings is 1. The van der Waals surface area contributed by atoms with Crippen molar-refractivity contribution in [3.63, 3.8) is 0 Å². The van der Waals surface area contributed by atoms with E-state index in [-0.39, 0.29) is 24.1 Å². The molecular weight excluding hydrogens is 390 g/mol. The van der Waals surface area contributed by atoms with Gasteiger partial charge in [0.25, 0.3) is 11.8 Å². The van der Waals surface area contributed by atoms with Crippen LogP contribution < -0.4 is 14.4 Å². The van der Waals surface area contributed by atoms with Crippen molar-refractivity contribution in [2.24, 2.45) is 0 Å². The van der Waals surface area contributed by atoms with Crippen LogP contribution in [0.5, 0.6) is 11.5 Å². The van der Waals surface area contributed by atoms with Gasteiger partial charge in [-0.25, -0.2) is 4.90 Å². The van der Waals surface area contributed by atoms with E-state index < -0.39 is 6.04 Å². The maximum Gasteiger partial charge on any atom is 0.289 e. The van der Waals surface area contributed by atoms with Crippen LogP contribution in [0.2, 0.25) is 0 Å². The summed E-state index contributed by atoms with van der Waals surface area (Å²) in [6.45, 7) is 1.93. The fraction of sp³-hybridized carbons (Fsp3) is 0.381. The number of imide groups is 1. The van der Waals surface area contributed by atoms with Crippen molar-refractivity contribution in [2.45, 2.75) is 12.5 Å². The third kappa shape index (κ3) is 3.52. The number of amides is 3. The molecule has 0 aliphatic carbocycles. The van der Waals surface area contributed by atoms with Gasteiger partial charge in [0.1, 0.15) is 11.5 Å². The summed E-state index contributed by atoms with van der Waals surface area (Å²) in [5.41, 5.74) is 0.405. The van der Waals surface area contributed by atoms with E-state index in [9.17, 15) is 14.4 Å². The number of ether oxygens (including phenoxy) is 2. The Morgan fingerprint density at radius 3 is 2.47 bits per heavy atom. The van der Waals surface area contributed by atoms with Gasteiger partial charge in [-0.2, -0.15) is 0 Å². The first kappa shape index (κ1) is 20.0. The predicted octanol–water partition coefficient (Wildman–Crippen LogP) is 1.39. The van der Waals surface area contributed by atoms with Gasteiger partial charge in [0, 0.05) is 32.2 Å². The van der Waals surface area contributed by atoms with Gasteiger partial charge in [-0.05, 0) is 24.3 Å². The minimum Gasteiger partial charge on any atom is -0.497 e. The lowest BCUT2D eigenvalue weighted by Gasteiger charge is -2.36. The Morgan fingerprint density at radius 1 is 1.07 bits per heavy atom. The number of methoxy groups -OCH3 is 2. The van der Waals surface area contributed by atoms with Gasteiger partial charge in [-0.3, -0.25) is 19.3 Å². The van der Waals surface area contributed by atoms with Crippen LogP contribution in [0.1, 0.15) is 17.0 Å². The molecule has 1 aromatic carbocycles. The Labute approximate surface area is 173 Å². The van der Waals surface area contributed by atoms with Crippen LogP contribution in [0.3, 0.4) is 0 Å². The van der Waals surface area contributed by atoms with Gasteiger partial charge >= 0.3 is 0 Å². The van der Waals surface area contributed by atoms with Crippen LogP contribution in [-0.4, -0.2) is 74.0 Å². The first-order chi connectivity index (χ1) is 14.5. The molecule has 2 aliphatic heterocycles. The molecule has 0 unspecified atom stereocenters. The predicted molar refractivity (Wildman–Crippen MR) is 107 cm³/mol. The summed E-state index contributed by atoms with van der Waals surface area (Å²) in [4.78, 5) is 43.1. The number of carbonyl (C=O) groups excluding carboxylic acids is 3. The van der Waals surface area contributed by atoms with Crippen molar-refractivity contribution in [2.75, 3.05) is 45.3 Å². The van der Waals surface area contributed by atoms with E-state index in [2.05, 4.69) is 0 Å². The van der Waals surface area contributed by atoms with Crippen LogP contribution in [0, 0.1) is 0 Å². The number of hydrogen-bond donors (Lipinski definition) is 0. The number of carbonyl (C=O) groups is 3. The minimum atomic E-state index is -0.551. The topological polar surface area (TPSA) is 92.5 Å². The van der Waals surface area contributed by atoms with E-state index in [0.29, 0.717) is 49.1 Å². The van der Waals surface area contributed by atoms with Crippen molar-refractivity contribution in [3.8, 4) is 11.5 Å². The Morgan fingerprint density at radius 2 is 1.83 bits per heavy atom. The summed E-state index contributed by atoms with van der Waals surface area (Å²) in [5.74, 6) is 0.539. The number of hydrogen-bond acceptors (Lipinski definition) is 7. The molecule has 2 fully saturated rings. The molecule has 0 N–H and O–H groups in total. The van der Waals surface area contributed by atoms with Crippen molar-refractivity contribution in [1.29, 1.82) is 0 Å². The maximum absolute atomic E-state index is 13.1. The quantitative estimate of drug-likeness (QED) is 0.684. The first-order valence-electron chi connectivity index (χ1n) is 9.69. The van der Waals surface area contributed by atoms with Gasteiger partial charge in [0.2, 0.25) is 5.91 Å². The molecule has 1 aromatic heterocycles. The highest BCUT2D eigenvalue weighted by atomic mass is 16.5. The van der Waals surface area contributed by atoms with Crippen LogP contribution in [-0.2, 0) is 9.59 Å². The molecule has 9 nitrogen and oxygen atoms in total. The molecule has 158 valence electrons. The van der Waals surface area contributed by atoms with Gasteiger partial charge in [-0.1, -0.05) is 0 Å². The van der Waals surface area contributed by atoms with E-state index in [1.165, 1.54) is 25.4 Å². The zero-order valence-electron chi connectivity index (χ0n) is 16.9. The molecule has 0 radical (unpaired) electrons. The third-order valence-corrected chi connectivity index (χ3v) is 5.52. The highest BCUT2D eigenvalue weighted by Gasteiger charge is 2.44.